The van der Waals surface area contributed by atoms with E-state index in [0.717, 1.165) is 0 Å². The molecule has 0 saturated carbocycles. The minimum absolute atomic E-state index is 0. The van der Waals surface area contributed by atoms with E-state index in [1.165, 1.54) is 76.2 Å². The molecule has 0 saturated heterocycles. The molecule has 106 valence electrons. The van der Waals surface area contributed by atoms with Crippen LogP contribution in [0.1, 0.15) is 79.5 Å². The summed E-state index contributed by atoms with van der Waals surface area (Å²) < 4.78 is 0. The van der Waals surface area contributed by atoms with E-state index in [-0.39, 0.29) is 51.7 Å². The van der Waals surface area contributed by atoms with Crippen LogP contribution in [0.15, 0.2) is 30.3 Å². The Balaban J connectivity index is -0.00000108. The number of hydrogen-bond acceptors (Lipinski definition) is 0. The van der Waals surface area contributed by atoms with Crippen LogP contribution in [0.5, 0.6) is 0 Å². The first-order valence-corrected chi connectivity index (χ1v) is 7.97. The molecule has 0 amide bonds. The summed E-state index contributed by atoms with van der Waals surface area (Å²) in [6.45, 7) is 2.28. The number of rotatable bonds is 11. The second-order valence-corrected chi connectivity index (χ2v) is 5.42. The largest absolute Gasteiger partial charge is 2.00 e. The van der Waals surface area contributed by atoms with E-state index >= 15 is 0 Å². The SMILES string of the molecule is CCCCCCCCCCCCc1ccccc1.[Ba+2].[H-].[H-]. The zero-order valence-electron chi connectivity index (χ0n) is 14.9. The Morgan fingerprint density at radius 3 is 1.68 bits per heavy atom. The first-order chi connectivity index (χ1) is 8.93. The Morgan fingerprint density at radius 2 is 1.16 bits per heavy atom. The van der Waals surface area contributed by atoms with Gasteiger partial charge in [0.25, 0.3) is 0 Å². The molecule has 1 rings (SSSR count). The molecule has 0 bridgehead atoms. The Labute approximate surface area is 163 Å². The molecule has 0 aromatic heterocycles. The average molecular weight is 386 g/mol. The van der Waals surface area contributed by atoms with Crippen molar-refractivity contribution in [1.29, 1.82) is 0 Å². The van der Waals surface area contributed by atoms with Gasteiger partial charge in [-0.25, -0.2) is 0 Å². The van der Waals surface area contributed by atoms with Crippen molar-refractivity contribution in [1.82, 2.24) is 0 Å². The molecule has 19 heavy (non-hydrogen) atoms. The van der Waals surface area contributed by atoms with Crippen molar-refractivity contribution in [2.75, 3.05) is 0 Å². The van der Waals surface area contributed by atoms with Crippen LogP contribution < -0.4 is 0 Å². The molecule has 0 aliphatic carbocycles. The van der Waals surface area contributed by atoms with Crippen LogP contribution in [0.25, 0.3) is 0 Å². The second kappa shape index (κ2) is 15.2. The summed E-state index contributed by atoms with van der Waals surface area (Å²) in [5.74, 6) is 0. The molecule has 0 N–H and O–H groups in total. The zero-order chi connectivity index (χ0) is 12.9. The predicted octanol–water partition coefficient (Wildman–Crippen LogP) is 5.99. The third-order valence-electron chi connectivity index (χ3n) is 3.66. The van der Waals surface area contributed by atoms with Crippen LogP contribution in [0.2, 0.25) is 0 Å². The first kappa shape index (κ1) is 19.8. The summed E-state index contributed by atoms with van der Waals surface area (Å²) in [6.07, 6.45) is 15.5. The Hall–Kier alpha value is 0.791. The van der Waals surface area contributed by atoms with Crippen molar-refractivity contribution in [2.45, 2.75) is 77.6 Å². The van der Waals surface area contributed by atoms with Crippen LogP contribution in [0.4, 0.5) is 0 Å². The monoisotopic (exact) mass is 386 g/mol. The molecule has 1 aromatic carbocycles. The summed E-state index contributed by atoms with van der Waals surface area (Å²) in [4.78, 5) is 0. The van der Waals surface area contributed by atoms with Gasteiger partial charge in [0.1, 0.15) is 0 Å². The molecule has 0 spiro atoms. The van der Waals surface area contributed by atoms with Gasteiger partial charge < -0.3 is 2.85 Å². The molecule has 0 heterocycles. The smallest absolute Gasteiger partial charge is 1.00 e. The normalized spacial score (nSPS) is 10.2. The fourth-order valence-electron chi connectivity index (χ4n) is 2.46. The van der Waals surface area contributed by atoms with Crippen molar-refractivity contribution in [3.63, 3.8) is 0 Å². The quantitative estimate of drug-likeness (QED) is 0.324. The summed E-state index contributed by atoms with van der Waals surface area (Å²) in [5, 5.41) is 0. The van der Waals surface area contributed by atoms with E-state index in [2.05, 4.69) is 37.3 Å². The minimum Gasteiger partial charge on any atom is -1.00 e. The van der Waals surface area contributed by atoms with E-state index in [4.69, 9.17) is 0 Å². The zero-order valence-corrected chi connectivity index (χ0v) is 17.3. The molecule has 0 radical (unpaired) electrons. The van der Waals surface area contributed by atoms with Gasteiger partial charge in [-0.3, -0.25) is 0 Å². The minimum atomic E-state index is 0. The Kier molecular flexibility index (Phi) is 15.8. The van der Waals surface area contributed by atoms with E-state index in [1.54, 1.807) is 0 Å². The van der Waals surface area contributed by atoms with Crippen LogP contribution in [-0.4, -0.2) is 48.9 Å². The summed E-state index contributed by atoms with van der Waals surface area (Å²) in [5.41, 5.74) is 1.50. The van der Waals surface area contributed by atoms with Gasteiger partial charge in [0, 0.05) is 0 Å². The van der Waals surface area contributed by atoms with Crippen molar-refractivity contribution in [3.8, 4) is 0 Å². The number of unbranched alkanes of at least 4 members (excludes halogenated alkanes) is 9. The summed E-state index contributed by atoms with van der Waals surface area (Å²) >= 11 is 0. The molecule has 0 aliphatic heterocycles. The van der Waals surface area contributed by atoms with Gasteiger partial charge in [0.2, 0.25) is 0 Å². The van der Waals surface area contributed by atoms with Crippen molar-refractivity contribution in [3.05, 3.63) is 35.9 Å². The van der Waals surface area contributed by atoms with Gasteiger partial charge in [-0.15, -0.1) is 0 Å². The predicted molar refractivity (Wildman–Crippen MR) is 90.0 cm³/mol. The fourth-order valence-corrected chi connectivity index (χ4v) is 2.46. The molecule has 1 aromatic rings. The van der Waals surface area contributed by atoms with Gasteiger partial charge in [-0.05, 0) is 18.4 Å². The maximum absolute atomic E-state index is 2.28. The van der Waals surface area contributed by atoms with Crippen molar-refractivity contribution >= 4 is 48.9 Å². The van der Waals surface area contributed by atoms with Gasteiger partial charge in [0.15, 0.2) is 0 Å². The third kappa shape index (κ3) is 12.3. The van der Waals surface area contributed by atoms with Gasteiger partial charge in [0.05, 0.1) is 0 Å². The fraction of sp³-hybridized carbons (Fsp3) is 0.667. The summed E-state index contributed by atoms with van der Waals surface area (Å²) in [7, 11) is 0. The molecule has 1 heteroatoms. The number of aryl methyl sites for hydroxylation is 1. The van der Waals surface area contributed by atoms with E-state index < -0.39 is 0 Å². The topological polar surface area (TPSA) is 0 Å². The van der Waals surface area contributed by atoms with Gasteiger partial charge in [-0.1, -0.05) is 95.0 Å². The number of hydrogen-bond donors (Lipinski definition) is 0. The van der Waals surface area contributed by atoms with Gasteiger partial charge >= 0.3 is 48.9 Å². The van der Waals surface area contributed by atoms with Crippen LogP contribution in [0.3, 0.4) is 0 Å². The van der Waals surface area contributed by atoms with Crippen LogP contribution in [-0.2, 0) is 6.42 Å². The van der Waals surface area contributed by atoms with Crippen molar-refractivity contribution < 1.29 is 2.85 Å². The van der Waals surface area contributed by atoms with E-state index in [9.17, 15) is 0 Å². The number of benzene rings is 1. The molecule has 0 atom stereocenters. The molecule has 0 unspecified atom stereocenters. The third-order valence-corrected chi connectivity index (χ3v) is 3.66. The van der Waals surface area contributed by atoms with Crippen LogP contribution >= 0.6 is 0 Å². The molecular formula is C18H32Ba. The molecule has 0 nitrogen and oxygen atoms in total. The Morgan fingerprint density at radius 1 is 0.684 bits per heavy atom. The maximum Gasteiger partial charge on any atom is 2.00 e. The van der Waals surface area contributed by atoms with E-state index in [1.807, 2.05) is 0 Å². The molecular weight excluding hydrogens is 354 g/mol. The van der Waals surface area contributed by atoms with Crippen LogP contribution in [0, 0.1) is 0 Å². The van der Waals surface area contributed by atoms with E-state index in [0.29, 0.717) is 0 Å². The molecule has 0 fully saturated rings. The maximum atomic E-state index is 2.28. The Bertz CT molecular complexity index is 278. The standard InChI is InChI=1S/C18H30.Ba.2H/c1-2-3-4-5-6-7-8-9-10-12-15-18-16-13-11-14-17-18;;;/h11,13-14,16-17H,2-10,12,15H2,1H3;;;/q;+2;2*-1. The average Bonchev–Trinajstić information content (AvgIpc) is 2.42. The second-order valence-electron chi connectivity index (χ2n) is 5.42. The van der Waals surface area contributed by atoms with Crippen molar-refractivity contribution in [2.24, 2.45) is 0 Å². The first-order valence-electron chi connectivity index (χ1n) is 7.97. The summed E-state index contributed by atoms with van der Waals surface area (Å²) in [6, 6.07) is 10.9. The van der Waals surface area contributed by atoms with Gasteiger partial charge in [-0.2, -0.15) is 0 Å². The molecule has 0 aliphatic rings.